The van der Waals surface area contributed by atoms with Crippen LogP contribution in [0.15, 0.2) is 259 Å². The van der Waals surface area contributed by atoms with Gasteiger partial charge in [-0.2, -0.15) is 0 Å². The average molecular weight is 807 g/mol. The van der Waals surface area contributed by atoms with E-state index in [4.69, 9.17) is 4.42 Å². The number of hydrogen-bond acceptors (Lipinski definition) is 3. The van der Waals surface area contributed by atoms with Crippen LogP contribution in [0.4, 0.5) is 34.1 Å². The molecular formula is C60H42N2O. The topological polar surface area (TPSA) is 19.6 Å². The Labute approximate surface area is 368 Å². The van der Waals surface area contributed by atoms with Crippen molar-refractivity contribution in [3.63, 3.8) is 0 Å². The van der Waals surface area contributed by atoms with Crippen LogP contribution in [0.1, 0.15) is 0 Å². The summed E-state index contributed by atoms with van der Waals surface area (Å²) in [6.07, 6.45) is 0. The molecule has 0 aliphatic rings. The lowest BCUT2D eigenvalue weighted by atomic mass is 9.93. The summed E-state index contributed by atoms with van der Waals surface area (Å²) in [5, 5.41) is 2.22. The van der Waals surface area contributed by atoms with Crippen molar-refractivity contribution in [3.05, 3.63) is 255 Å². The summed E-state index contributed by atoms with van der Waals surface area (Å²) in [6, 6.07) is 90.8. The third-order valence-electron chi connectivity index (χ3n) is 11.8. The minimum absolute atomic E-state index is 0.884. The lowest BCUT2D eigenvalue weighted by Crippen LogP contribution is -2.09. The van der Waals surface area contributed by atoms with Crippen molar-refractivity contribution in [3.8, 4) is 44.5 Å². The van der Waals surface area contributed by atoms with Crippen molar-refractivity contribution in [1.29, 1.82) is 0 Å². The number of benzene rings is 10. The fourth-order valence-electron chi connectivity index (χ4n) is 8.70. The van der Waals surface area contributed by atoms with Crippen molar-refractivity contribution in [1.82, 2.24) is 0 Å². The minimum Gasteiger partial charge on any atom is -0.456 e. The van der Waals surface area contributed by atoms with Crippen LogP contribution in [0, 0.1) is 0 Å². The van der Waals surface area contributed by atoms with E-state index in [0.29, 0.717) is 0 Å². The summed E-state index contributed by atoms with van der Waals surface area (Å²) >= 11 is 0. The molecule has 298 valence electrons. The molecule has 0 bridgehead atoms. The fraction of sp³-hybridized carbons (Fsp3) is 0. The quantitative estimate of drug-likeness (QED) is 0.137. The molecule has 1 heterocycles. The Balaban J connectivity index is 0.954. The molecule has 0 aliphatic heterocycles. The summed E-state index contributed by atoms with van der Waals surface area (Å²) in [5.74, 6) is 0. The highest BCUT2D eigenvalue weighted by atomic mass is 16.3. The maximum Gasteiger partial charge on any atom is 0.135 e. The molecule has 0 radical (unpaired) electrons. The fourth-order valence-corrected chi connectivity index (χ4v) is 8.70. The van der Waals surface area contributed by atoms with Crippen molar-refractivity contribution in [2.45, 2.75) is 0 Å². The predicted molar refractivity (Wildman–Crippen MR) is 265 cm³/mol. The molecule has 0 atom stereocenters. The zero-order valence-corrected chi connectivity index (χ0v) is 34.6. The summed E-state index contributed by atoms with van der Waals surface area (Å²) in [7, 11) is 0. The molecule has 3 nitrogen and oxygen atoms in total. The van der Waals surface area contributed by atoms with Gasteiger partial charge in [0, 0.05) is 44.9 Å². The van der Waals surface area contributed by atoms with Crippen LogP contribution < -0.4 is 9.80 Å². The largest absolute Gasteiger partial charge is 0.456 e. The third kappa shape index (κ3) is 7.54. The molecule has 0 unspecified atom stereocenters. The molecule has 0 amide bonds. The number of nitrogens with zero attached hydrogens (tertiary/aromatic N) is 2. The minimum atomic E-state index is 0.884. The van der Waals surface area contributed by atoms with Crippen molar-refractivity contribution >= 4 is 56.1 Å². The van der Waals surface area contributed by atoms with Gasteiger partial charge < -0.3 is 14.2 Å². The average Bonchev–Trinajstić information content (AvgIpc) is 3.74. The van der Waals surface area contributed by atoms with Crippen LogP contribution in [0.25, 0.3) is 66.4 Å². The van der Waals surface area contributed by atoms with Crippen LogP contribution in [0.2, 0.25) is 0 Å². The summed E-state index contributed by atoms with van der Waals surface area (Å²) in [6.45, 7) is 0. The van der Waals surface area contributed by atoms with E-state index in [-0.39, 0.29) is 0 Å². The van der Waals surface area contributed by atoms with Gasteiger partial charge in [-0.05, 0) is 148 Å². The van der Waals surface area contributed by atoms with Gasteiger partial charge in [0.25, 0.3) is 0 Å². The van der Waals surface area contributed by atoms with Gasteiger partial charge in [0.1, 0.15) is 11.2 Å². The van der Waals surface area contributed by atoms with Gasteiger partial charge in [0.15, 0.2) is 0 Å². The normalized spacial score (nSPS) is 11.2. The lowest BCUT2D eigenvalue weighted by molar-refractivity contribution is 0.669. The second kappa shape index (κ2) is 16.6. The van der Waals surface area contributed by atoms with Crippen molar-refractivity contribution < 1.29 is 4.42 Å². The molecule has 0 aliphatic carbocycles. The third-order valence-corrected chi connectivity index (χ3v) is 11.8. The van der Waals surface area contributed by atoms with E-state index in [1.54, 1.807) is 0 Å². The summed E-state index contributed by atoms with van der Waals surface area (Å²) in [4.78, 5) is 4.63. The molecule has 11 aromatic rings. The van der Waals surface area contributed by atoms with E-state index < -0.39 is 0 Å². The first-order valence-corrected chi connectivity index (χ1v) is 21.4. The number of anilines is 6. The van der Waals surface area contributed by atoms with Crippen LogP contribution in [0.5, 0.6) is 0 Å². The summed E-state index contributed by atoms with van der Waals surface area (Å²) < 4.78 is 6.20. The van der Waals surface area contributed by atoms with Crippen LogP contribution in [0.3, 0.4) is 0 Å². The lowest BCUT2D eigenvalue weighted by Gasteiger charge is -2.26. The first-order chi connectivity index (χ1) is 31.2. The van der Waals surface area contributed by atoms with Gasteiger partial charge >= 0.3 is 0 Å². The standard InChI is InChI=1S/C60H42N2O/c1-5-15-43(16-6-1)45-25-31-53(32-26-45)61(51-19-9-3-10-20-51)54-33-27-46(28-34-54)49-39-48(44-17-7-2-8-18-44)40-50(41-49)47-29-35-55(36-30-47)62(52-21-11-4-12-22-52)56-37-38-60-58(42-56)57-23-13-14-24-59(57)63-60/h1-42H. The molecule has 0 saturated heterocycles. The Hall–Kier alpha value is -8.40. The molecule has 10 aromatic carbocycles. The second-order valence-electron chi connectivity index (χ2n) is 15.8. The van der Waals surface area contributed by atoms with Crippen molar-refractivity contribution in [2.24, 2.45) is 0 Å². The molecular weight excluding hydrogens is 765 g/mol. The molecule has 0 spiro atoms. The van der Waals surface area contributed by atoms with Gasteiger partial charge in [-0.15, -0.1) is 0 Å². The maximum absolute atomic E-state index is 6.20. The second-order valence-corrected chi connectivity index (χ2v) is 15.8. The Kier molecular flexibility index (Phi) is 9.89. The molecule has 1 aromatic heterocycles. The van der Waals surface area contributed by atoms with Crippen LogP contribution in [-0.2, 0) is 0 Å². The van der Waals surface area contributed by atoms with Gasteiger partial charge in [-0.1, -0.05) is 152 Å². The van der Waals surface area contributed by atoms with E-state index in [1.165, 1.54) is 22.3 Å². The zero-order valence-electron chi connectivity index (χ0n) is 34.6. The first kappa shape index (κ1) is 37.6. The summed E-state index contributed by atoms with van der Waals surface area (Å²) in [5.41, 5.74) is 17.7. The van der Waals surface area contributed by atoms with Gasteiger partial charge in [0.05, 0.1) is 0 Å². The Morgan fingerprint density at radius 1 is 0.206 bits per heavy atom. The molecule has 3 heteroatoms. The Bertz CT molecular complexity index is 3290. The maximum atomic E-state index is 6.20. The molecule has 0 fully saturated rings. The van der Waals surface area contributed by atoms with Crippen LogP contribution in [-0.4, -0.2) is 0 Å². The van der Waals surface area contributed by atoms with E-state index in [9.17, 15) is 0 Å². The predicted octanol–water partition coefficient (Wildman–Crippen LogP) is 17.2. The zero-order chi connectivity index (χ0) is 42.0. The van der Waals surface area contributed by atoms with E-state index in [1.807, 2.05) is 12.1 Å². The highest BCUT2D eigenvalue weighted by Crippen LogP contribution is 2.41. The first-order valence-electron chi connectivity index (χ1n) is 21.4. The number of hydrogen-bond donors (Lipinski definition) is 0. The van der Waals surface area contributed by atoms with E-state index >= 15 is 0 Å². The number of para-hydroxylation sites is 3. The smallest absolute Gasteiger partial charge is 0.135 e. The number of fused-ring (bicyclic) bond motifs is 3. The van der Waals surface area contributed by atoms with Gasteiger partial charge in [-0.25, -0.2) is 0 Å². The Morgan fingerprint density at radius 2 is 0.524 bits per heavy atom. The SMILES string of the molecule is c1ccc(-c2ccc(N(c3ccccc3)c3ccc(-c4cc(-c5ccccc5)cc(-c5ccc(N(c6ccccc6)c6ccc7oc8ccccc8c7c6)cc5)c4)cc3)cc2)cc1. The van der Waals surface area contributed by atoms with Gasteiger partial charge in [0.2, 0.25) is 0 Å². The number of furan rings is 1. The van der Waals surface area contributed by atoms with Crippen molar-refractivity contribution in [2.75, 3.05) is 9.80 Å². The number of rotatable bonds is 10. The van der Waals surface area contributed by atoms with E-state index in [2.05, 4.69) is 252 Å². The van der Waals surface area contributed by atoms with Gasteiger partial charge in [-0.3, -0.25) is 0 Å². The molecule has 11 rings (SSSR count). The van der Waals surface area contributed by atoms with Crippen LogP contribution >= 0.6 is 0 Å². The van der Waals surface area contributed by atoms with E-state index in [0.717, 1.165) is 78.3 Å². The highest BCUT2D eigenvalue weighted by Gasteiger charge is 2.17. The molecule has 63 heavy (non-hydrogen) atoms. The monoisotopic (exact) mass is 806 g/mol. The highest BCUT2D eigenvalue weighted by molar-refractivity contribution is 6.06. The molecule has 0 saturated carbocycles. The Morgan fingerprint density at radius 3 is 1.00 bits per heavy atom. The molecule has 0 N–H and O–H groups in total.